The zero-order valence-electron chi connectivity index (χ0n) is 13.3. The predicted octanol–water partition coefficient (Wildman–Crippen LogP) is 3.12. The van der Waals surface area contributed by atoms with Crippen molar-refractivity contribution in [2.45, 2.75) is 51.4 Å². The molecular formula is C17H26ClN3. The van der Waals surface area contributed by atoms with E-state index in [4.69, 9.17) is 11.6 Å². The minimum absolute atomic E-state index is 0.567. The molecule has 2 atom stereocenters. The molecule has 0 bridgehead atoms. The zero-order valence-corrected chi connectivity index (χ0v) is 14.0. The van der Waals surface area contributed by atoms with E-state index in [0.29, 0.717) is 12.1 Å². The number of rotatable bonds is 4. The standard InChI is InChI=1S/C17H26ClN3/c1-12-10-21(11-13(2)20(12)3)17-8-15(18)5-4-14(17)9-19-16-6-7-16/h4-5,8,12-13,16,19H,6-7,9-11H2,1-3H3. The molecule has 21 heavy (non-hydrogen) atoms. The molecule has 0 amide bonds. The molecule has 2 fully saturated rings. The summed E-state index contributed by atoms with van der Waals surface area (Å²) in [6.07, 6.45) is 2.65. The Kier molecular flexibility index (Phi) is 4.43. The highest BCUT2D eigenvalue weighted by Crippen LogP contribution is 2.29. The molecule has 1 saturated heterocycles. The summed E-state index contributed by atoms with van der Waals surface area (Å²) in [7, 11) is 2.22. The van der Waals surface area contributed by atoms with Crippen molar-refractivity contribution in [1.82, 2.24) is 10.2 Å². The second-order valence-electron chi connectivity index (χ2n) is 6.70. The van der Waals surface area contributed by atoms with Gasteiger partial charge in [0.2, 0.25) is 0 Å². The van der Waals surface area contributed by atoms with Gasteiger partial charge < -0.3 is 10.2 Å². The van der Waals surface area contributed by atoms with Gasteiger partial charge in [0.25, 0.3) is 0 Å². The van der Waals surface area contributed by atoms with E-state index in [-0.39, 0.29) is 0 Å². The van der Waals surface area contributed by atoms with Crippen LogP contribution in [0.15, 0.2) is 18.2 Å². The molecule has 0 spiro atoms. The van der Waals surface area contributed by atoms with Crippen LogP contribution in [0.4, 0.5) is 5.69 Å². The highest BCUT2D eigenvalue weighted by molar-refractivity contribution is 6.30. The van der Waals surface area contributed by atoms with E-state index in [1.54, 1.807) is 0 Å². The lowest BCUT2D eigenvalue weighted by molar-refractivity contribution is 0.170. The molecule has 3 rings (SSSR count). The topological polar surface area (TPSA) is 18.5 Å². The number of halogens is 1. The second kappa shape index (κ2) is 6.15. The number of nitrogens with zero attached hydrogens (tertiary/aromatic N) is 2. The van der Waals surface area contributed by atoms with Crippen LogP contribution in [-0.2, 0) is 6.54 Å². The number of benzene rings is 1. The van der Waals surface area contributed by atoms with Crippen molar-refractivity contribution in [3.63, 3.8) is 0 Å². The first-order valence-electron chi connectivity index (χ1n) is 8.03. The average Bonchev–Trinajstić information content (AvgIpc) is 3.27. The lowest BCUT2D eigenvalue weighted by Gasteiger charge is -2.44. The van der Waals surface area contributed by atoms with Gasteiger partial charge >= 0.3 is 0 Å². The maximum absolute atomic E-state index is 6.26. The molecule has 0 radical (unpaired) electrons. The van der Waals surface area contributed by atoms with Gasteiger partial charge in [-0.05, 0) is 51.4 Å². The predicted molar refractivity (Wildman–Crippen MR) is 90.2 cm³/mol. The van der Waals surface area contributed by atoms with Crippen molar-refractivity contribution in [1.29, 1.82) is 0 Å². The van der Waals surface area contributed by atoms with Crippen molar-refractivity contribution >= 4 is 17.3 Å². The van der Waals surface area contributed by atoms with Crippen molar-refractivity contribution < 1.29 is 0 Å². The quantitative estimate of drug-likeness (QED) is 0.922. The highest BCUT2D eigenvalue weighted by Gasteiger charge is 2.28. The number of hydrogen-bond acceptors (Lipinski definition) is 3. The zero-order chi connectivity index (χ0) is 15.0. The smallest absolute Gasteiger partial charge is 0.0427 e. The summed E-state index contributed by atoms with van der Waals surface area (Å²) in [6.45, 7) is 7.69. The first kappa shape index (κ1) is 15.1. The van der Waals surface area contributed by atoms with E-state index < -0.39 is 0 Å². The molecule has 0 aromatic heterocycles. The Morgan fingerprint density at radius 2 is 1.86 bits per heavy atom. The lowest BCUT2D eigenvalue weighted by atomic mass is 10.1. The normalized spacial score (nSPS) is 27.1. The molecule has 4 heteroatoms. The molecule has 1 heterocycles. The number of nitrogens with one attached hydrogen (secondary N) is 1. The third-order valence-electron chi connectivity index (χ3n) is 4.91. The fraction of sp³-hybridized carbons (Fsp3) is 0.647. The Balaban J connectivity index is 1.80. The van der Waals surface area contributed by atoms with Crippen molar-refractivity contribution in [3.05, 3.63) is 28.8 Å². The summed E-state index contributed by atoms with van der Waals surface area (Å²) in [5.41, 5.74) is 2.68. The Morgan fingerprint density at radius 3 is 2.48 bits per heavy atom. The van der Waals surface area contributed by atoms with E-state index >= 15 is 0 Å². The van der Waals surface area contributed by atoms with E-state index in [9.17, 15) is 0 Å². The van der Waals surface area contributed by atoms with Crippen molar-refractivity contribution in [3.8, 4) is 0 Å². The molecule has 1 aromatic carbocycles. The van der Waals surface area contributed by atoms with Gasteiger partial charge in [0.15, 0.2) is 0 Å². The Bertz CT molecular complexity index is 489. The third kappa shape index (κ3) is 3.53. The summed E-state index contributed by atoms with van der Waals surface area (Å²) in [5, 5.41) is 4.46. The first-order valence-corrected chi connectivity index (χ1v) is 8.41. The molecule has 2 aliphatic rings. The van der Waals surface area contributed by atoms with E-state index in [1.165, 1.54) is 24.1 Å². The third-order valence-corrected chi connectivity index (χ3v) is 5.14. The molecular weight excluding hydrogens is 282 g/mol. The minimum Gasteiger partial charge on any atom is -0.368 e. The van der Waals surface area contributed by atoms with Crippen LogP contribution in [0.25, 0.3) is 0 Å². The molecule has 1 N–H and O–H groups in total. The highest BCUT2D eigenvalue weighted by atomic mass is 35.5. The van der Waals surface area contributed by atoms with Crippen molar-refractivity contribution in [2.24, 2.45) is 0 Å². The maximum Gasteiger partial charge on any atom is 0.0427 e. The molecule has 1 aliphatic carbocycles. The SMILES string of the molecule is CC1CN(c2cc(Cl)ccc2CNC2CC2)CC(C)N1C. The van der Waals surface area contributed by atoms with Gasteiger partial charge in [0, 0.05) is 48.5 Å². The molecule has 1 aliphatic heterocycles. The summed E-state index contributed by atoms with van der Waals surface area (Å²) in [6, 6.07) is 8.20. The van der Waals surface area contributed by atoms with Crippen LogP contribution in [0.2, 0.25) is 5.02 Å². The largest absolute Gasteiger partial charge is 0.368 e. The van der Waals surface area contributed by atoms with Gasteiger partial charge in [-0.1, -0.05) is 17.7 Å². The monoisotopic (exact) mass is 307 g/mol. The van der Waals surface area contributed by atoms with Gasteiger partial charge in [-0.3, -0.25) is 4.90 Å². The van der Waals surface area contributed by atoms with Crippen LogP contribution < -0.4 is 10.2 Å². The van der Waals surface area contributed by atoms with Crippen molar-refractivity contribution in [2.75, 3.05) is 25.0 Å². The molecule has 3 nitrogen and oxygen atoms in total. The summed E-state index contributed by atoms with van der Waals surface area (Å²) in [4.78, 5) is 4.97. The summed E-state index contributed by atoms with van der Waals surface area (Å²) < 4.78 is 0. The van der Waals surface area contributed by atoms with Crippen LogP contribution >= 0.6 is 11.6 Å². The van der Waals surface area contributed by atoms with Crippen LogP contribution in [0.1, 0.15) is 32.3 Å². The Labute approximate surface area is 133 Å². The lowest BCUT2D eigenvalue weighted by Crippen LogP contribution is -2.55. The summed E-state index contributed by atoms with van der Waals surface area (Å²) >= 11 is 6.26. The molecule has 2 unspecified atom stereocenters. The molecule has 1 aromatic rings. The fourth-order valence-corrected chi connectivity index (χ4v) is 3.29. The van der Waals surface area contributed by atoms with Gasteiger partial charge in [-0.2, -0.15) is 0 Å². The van der Waals surface area contributed by atoms with Gasteiger partial charge in [-0.25, -0.2) is 0 Å². The first-order chi connectivity index (χ1) is 10.0. The molecule has 116 valence electrons. The van der Waals surface area contributed by atoms with Crippen LogP contribution in [0, 0.1) is 0 Å². The summed E-state index contributed by atoms with van der Waals surface area (Å²) in [5.74, 6) is 0. The number of anilines is 1. The van der Waals surface area contributed by atoms with Gasteiger partial charge in [0.1, 0.15) is 0 Å². The van der Waals surface area contributed by atoms with Crippen LogP contribution in [0.3, 0.4) is 0 Å². The van der Waals surface area contributed by atoms with E-state index in [2.05, 4.69) is 48.1 Å². The van der Waals surface area contributed by atoms with Gasteiger partial charge in [-0.15, -0.1) is 0 Å². The van der Waals surface area contributed by atoms with Crippen LogP contribution in [-0.4, -0.2) is 43.2 Å². The Hall–Kier alpha value is -0.770. The minimum atomic E-state index is 0.567. The Morgan fingerprint density at radius 1 is 1.19 bits per heavy atom. The second-order valence-corrected chi connectivity index (χ2v) is 7.13. The number of piperazine rings is 1. The maximum atomic E-state index is 6.26. The van der Waals surface area contributed by atoms with E-state index in [1.807, 2.05) is 6.07 Å². The van der Waals surface area contributed by atoms with E-state index in [0.717, 1.165) is 30.7 Å². The average molecular weight is 308 g/mol. The molecule has 1 saturated carbocycles. The number of hydrogen-bond donors (Lipinski definition) is 1. The fourth-order valence-electron chi connectivity index (χ4n) is 3.12. The van der Waals surface area contributed by atoms with Crippen LogP contribution in [0.5, 0.6) is 0 Å². The number of likely N-dealkylation sites (N-methyl/N-ethyl adjacent to an activating group) is 1. The van der Waals surface area contributed by atoms with Gasteiger partial charge in [0.05, 0.1) is 0 Å².